The summed E-state index contributed by atoms with van der Waals surface area (Å²) in [4.78, 5) is 13.5. The number of hydrogen-bond donors (Lipinski definition) is 1. The second-order valence-corrected chi connectivity index (χ2v) is 8.91. The van der Waals surface area contributed by atoms with Crippen molar-refractivity contribution in [2.45, 2.75) is 39.2 Å². The van der Waals surface area contributed by atoms with Gasteiger partial charge in [0.2, 0.25) is 5.01 Å². The minimum Gasteiger partial charge on any atom is -0.343 e. The van der Waals surface area contributed by atoms with Crippen molar-refractivity contribution in [1.82, 2.24) is 15.5 Å². The number of amides is 1. The number of hydrogen-bond acceptors (Lipinski definition) is 5. The Labute approximate surface area is 156 Å². The Morgan fingerprint density at radius 2 is 1.84 bits per heavy atom. The Kier molecular flexibility index (Phi) is 5.01. The van der Waals surface area contributed by atoms with Crippen molar-refractivity contribution in [3.8, 4) is 10.6 Å². The highest BCUT2D eigenvalue weighted by Crippen LogP contribution is 2.28. The Morgan fingerprint density at radius 1 is 1.12 bits per heavy atom. The molecule has 4 nitrogen and oxygen atoms in total. The van der Waals surface area contributed by atoms with E-state index in [9.17, 15) is 4.79 Å². The van der Waals surface area contributed by atoms with Crippen LogP contribution in [0.1, 0.15) is 54.0 Å². The molecule has 3 aromatic rings. The molecule has 0 fully saturated rings. The minimum absolute atomic E-state index is 0.0362. The molecule has 6 heteroatoms. The highest BCUT2D eigenvalue weighted by molar-refractivity contribution is 7.16. The van der Waals surface area contributed by atoms with E-state index < -0.39 is 0 Å². The lowest BCUT2D eigenvalue weighted by Crippen LogP contribution is -2.25. The molecular formula is C19H21N3OS2. The summed E-state index contributed by atoms with van der Waals surface area (Å²) in [5.74, 6) is -0.184. The maximum atomic E-state index is 12.4. The largest absolute Gasteiger partial charge is 0.343 e. The average Bonchev–Trinajstić information content (AvgIpc) is 3.26. The molecule has 1 aromatic carbocycles. The molecule has 2 aromatic heterocycles. The van der Waals surface area contributed by atoms with E-state index >= 15 is 0 Å². The van der Waals surface area contributed by atoms with Gasteiger partial charge in [-0.05, 0) is 29.3 Å². The lowest BCUT2D eigenvalue weighted by Gasteiger charge is -2.18. The lowest BCUT2D eigenvalue weighted by atomic mass is 9.87. The van der Waals surface area contributed by atoms with Crippen molar-refractivity contribution in [3.63, 3.8) is 0 Å². The van der Waals surface area contributed by atoms with Gasteiger partial charge in [-0.25, -0.2) is 0 Å². The predicted octanol–water partition coefficient (Wildman–Crippen LogP) is 5.06. The molecule has 25 heavy (non-hydrogen) atoms. The number of rotatable bonds is 4. The first-order chi connectivity index (χ1) is 11.8. The molecule has 0 radical (unpaired) electrons. The van der Waals surface area contributed by atoms with E-state index in [0.717, 1.165) is 15.4 Å². The second kappa shape index (κ2) is 7.06. The summed E-state index contributed by atoms with van der Waals surface area (Å²) < 4.78 is 0. The van der Waals surface area contributed by atoms with Crippen LogP contribution in [-0.4, -0.2) is 16.1 Å². The number of nitrogens with one attached hydrogen (secondary N) is 1. The summed E-state index contributed by atoms with van der Waals surface area (Å²) in [5.41, 5.74) is 2.36. The quantitative estimate of drug-likeness (QED) is 0.698. The fraction of sp³-hybridized carbons (Fsp3) is 0.316. The Hall–Kier alpha value is -2.05. The van der Waals surface area contributed by atoms with Crippen LogP contribution in [-0.2, 0) is 5.41 Å². The van der Waals surface area contributed by atoms with Crippen LogP contribution >= 0.6 is 22.7 Å². The van der Waals surface area contributed by atoms with Crippen LogP contribution in [0.5, 0.6) is 0 Å². The van der Waals surface area contributed by atoms with E-state index in [-0.39, 0.29) is 17.4 Å². The first kappa shape index (κ1) is 17.8. The van der Waals surface area contributed by atoms with E-state index in [2.05, 4.69) is 48.4 Å². The molecule has 0 aliphatic carbocycles. The van der Waals surface area contributed by atoms with Gasteiger partial charge in [-0.3, -0.25) is 4.79 Å². The van der Waals surface area contributed by atoms with Crippen molar-refractivity contribution < 1.29 is 4.79 Å². The highest BCUT2D eigenvalue weighted by Gasteiger charge is 2.18. The zero-order valence-electron chi connectivity index (χ0n) is 14.7. The highest BCUT2D eigenvalue weighted by atomic mass is 32.1. The van der Waals surface area contributed by atoms with Crippen molar-refractivity contribution in [3.05, 3.63) is 57.2 Å². The predicted molar refractivity (Wildman–Crippen MR) is 104 cm³/mol. The molecular weight excluding hydrogens is 350 g/mol. The van der Waals surface area contributed by atoms with Crippen LogP contribution in [0.4, 0.5) is 0 Å². The third-order valence-corrected chi connectivity index (χ3v) is 5.96. The van der Waals surface area contributed by atoms with Gasteiger partial charge in [-0.2, -0.15) is 0 Å². The van der Waals surface area contributed by atoms with Crippen molar-refractivity contribution in [1.29, 1.82) is 0 Å². The molecule has 1 amide bonds. The molecule has 1 atom stereocenters. The van der Waals surface area contributed by atoms with Crippen molar-refractivity contribution >= 4 is 28.6 Å². The van der Waals surface area contributed by atoms with Gasteiger partial charge in [0.1, 0.15) is 5.01 Å². The van der Waals surface area contributed by atoms with Crippen LogP contribution < -0.4 is 5.32 Å². The standard InChI is InChI=1S/C19H21N3OS2/c1-12(15-6-5-11-24-15)20-16(23)18-22-21-17(25-18)13-7-9-14(10-8-13)19(2,3)4/h5-12H,1-4H3,(H,20,23)/t12-/m1/s1. The monoisotopic (exact) mass is 371 g/mol. The fourth-order valence-corrected chi connectivity index (χ4v) is 3.90. The van der Waals surface area contributed by atoms with Crippen molar-refractivity contribution in [2.75, 3.05) is 0 Å². The lowest BCUT2D eigenvalue weighted by molar-refractivity contribution is 0.0939. The average molecular weight is 372 g/mol. The number of carbonyl (C=O) groups is 1. The summed E-state index contributed by atoms with van der Waals surface area (Å²) in [5, 5.41) is 14.4. The van der Waals surface area contributed by atoms with Gasteiger partial charge >= 0.3 is 0 Å². The maximum Gasteiger partial charge on any atom is 0.282 e. The molecule has 2 heterocycles. The molecule has 1 N–H and O–H groups in total. The summed E-state index contributed by atoms with van der Waals surface area (Å²) in [7, 11) is 0. The van der Waals surface area contributed by atoms with E-state index in [1.54, 1.807) is 11.3 Å². The van der Waals surface area contributed by atoms with Gasteiger partial charge < -0.3 is 5.32 Å². The first-order valence-corrected chi connectivity index (χ1v) is 9.83. The first-order valence-electron chi connectivity index (χ1n) is 8.13. The normalized spacial score (nSPS) is 12.8. The molecule has 3 rings (SSSR count). The number of nitrogens with zero attached hydrogens (tertiary/aromatic N) is 2. The molecule has 0 unspecified atom stereocenters. The zero-order chi connectivity index (χ0) is 18.0. The SMILES string of the molecule is C[C@@H](NC(=O)c1nnc(-c2ccc(C(C)(C)C)cc2)s1)c1cccs1. The van der Waals surface area contributed by atoms with Gasteiger partial charge in [-0.1, -0.05) is 62.4 Å². The Bertz CT molecular complexity index is 846. The topological polar surface area (TPSA) is 54.9 Å². The molecule has 0 spiro atoms. The molecule has 0 saturated heterocycles. The number of benzene rings is 1. The summed E-state index contributed by atoms with van der Waals surface area (Å²) in [6, 6.07) is 12.2. The Balaban J connectivity index is 1.72. The van der Waals surface area contributed by atoms with Crippen LogP contribution in [0, 0.1) is 0 Å². The summed E-state index contributed by atoms with van der Waals surface area (Å²) in [6.45, 7) is 8.52. The number of carbonyl (C=O) groups excluding carboxylic acids is 1. The van der Waals surface area contributed by atoms with E-state index in [1.807, 2.05) is 36.6 Å². The molecule has 0 bridgehead atoms. The molecule has 0 saturated carbocycles. The van der Waals surface area contributed by atoms with Gasteiger partial charge in [0.25, 0.3) is 5.91 Å². The second-order valence-electron chi connectivity index (χ2n) is 6.95. The van der Waals surface area contributed by atoms with Gasteiger partial charge in [0.15, 0.2) is 0 Å². The smallest absolute Gasteiger partial charge is 0.282 e. The van der Waals surface area contributed by atoms with Crippen LogP contribution in [0.2, 0.25) is 0 Å². The van der Waals surface area contributed by atoms with Gasteiger partial charge in [-0.15, -0.1) is 21.5 Å². The summed E-state index contributed by atoms with van der Waals surface area (Å²) in [6.07, 6.45) is 0. The van der Waals surface area contributed by atoms with Gasteiger partial charge in [0, 0.05) is 10.4 Å². The van der Waals surface area contributed by atoms with E-state index in [0.29, 0.717) is 5.01 Å². The van der Waals surface area contributed by atoms with E-state index in [1.165, 1.54) is 16.9 Å². The minimum atomic E-state index is -0.184. The van der Waals surface area contributed by atoms with Crippen LogP contribution in [0.25, 0.3) is 10.6 Å². The molecule has 130 valence electrons. The van der Waals surface area contributed by atoms with Crippen LogP contribution in [0.3, 0.4) is 0 Å². The molecule has 0 aliphatic heterocycles. The number of aromatic nitrogens is 2. The maximum absolute atomic E-state index is 12.4. The van der Waals surface area contributed by atoms with Gasteiger partial charge in [0.05, 0.1) is 6.04 Å². The van der Waals surface area contributed by atoms with E-state index in [4.69, 9.17) is 0 Å². The number of thiophene rings is 1. The third kappa shape index (κ3) is 4.14. The van der Waals surface area contributed by atoms with Crippen LogP contribution in [0.15, 0.2) is 41.8 Å². The zero-order valence-corrected chi connectivity index (χ0v) is 16.4. The molecule has 0 aliphatic rings. The Morgan fingerprint density at radius 3 is 2.44 bits per heavy atom. The van der Waals surface area contributed by atoms with Crippen molar-refractivity contribution in [2.24, 2.45) is 0 Å². The third-order valence-electron chi connectivity index (χ3n) is 3.93. The fourth-order valence-electron chi connectivity index (χ4n) is 2.41. The summed E-state index contributed by atoms with van der Waals surface area (Å²) >= 11 is 2.94.